The van der Waals surface area contributed by atoms with Crippen LogP contribution in [-0.4, -0.2) is 6.16 Å². The molecule has 0 amide bonds. The molecule has 0 bridgehead atoms. The van der Waals surface area contributed by atoms with E-state index >= 15 is 0 Å². The molecule has 0 rings (SSSR count). The van der Waals surface area contributed by atoms with Gasteiger partial charge < -0.3 is 0 Å². The summed E-state index contributed by atoms with van der Waals surface area (Å²) >= 11 is 10.3. The van der Waals surface area contributed by atoms with Crippen LogP contribution < -0.4 is 0 Å². The van der Waals surface area contributed by atoms with Crippen molar-refractivity contribution in [1.29, 1.82) is 0 Å². The molecule has 0 aromatic carbocycles. The molecular formula is C3H6Br3P. The number of hydrogen-bond donors (Lipinski definition) is 0. The molecule has 4 heteroatoms. The van der Waals surface area contributed by atoms with Crippen molar-refractivity contribution in [3.63, 3.8) is 0 Å². The van der Waals surface area contributed by atoms with Crippen molar-refractivity contribution < 1.29 is 0 Å². The van der Waals surface area contributed by atoms with Crippen molar-refractivity contribution in [1.82, 2.24) is 0 Å². The SMILES string of the molecule is C=CC[PH](Br)(Br)Br. The van der Waals surface area contributed by atoms with E-state index in [0.717, 1.165) is 6.16 Å². The van der Waals surface area contributed by atoms with Crippen LogP contribution in [0.2, 0.25) is 0 Å². The van der Waals surface area contributed by atoms with Crippen molar-refractivity contribution in [2.45, 2.75) is 0 Å². The summed E-state index contributed by atoms with van der Waals surface area (Å²) in [6.07, 6.45) is 2.87. The Morgan fingerprint density at radius 3 is 1.86 bits per heavy atom. The molecule has 0 aromatic heterocycles. The second-order valence-corrected chi connectivity index (χ2v) is 24.5. The summed E-state index contributed by atoms with van der Waals surface area (Å²) in [5, 5.41) is 0. The second-order valence-electron chi connectivity index (χ2n) is 1.11. The van der Waals surface area contributed by atoms with Gasteiger partial charge in [0.15, 0.2) is 0 Å². The molecule has 0 saturated heterocycles. The van der Waals surface area contributed by atoms with Gasteiger partial charge in [-0.1, -0.05) is 0 Å². The van der Waals surface area contributed by atoms with E-state index in [1.165, 1.54) is 0 Å². The van der Waals surface area contributed by atoms with Crippen LogP contribution >= 0.6 is 49.8 Å². The van der Waals surface area contributed by atoms with Gasteiger partial charge in [0.25, 0.3) is 0 Å². The molecule has 0 aliphatic heterocycles. The fourth-order valence-corrected chi connectivity index (χ4v) is 2.55. The van der Waals surface area contributed by atoms with E-state index in [1.807, 2.05) is 6.08 Å². The van der Waals surface area contributed by atoms with Crippen LogP contribution in [0.1, 0.15) is 0 Å². The van der Waals surface area contributed by atoms with Gasteiger partial charge in [-0.2, -0.15) is 0 Å². The molecule has 0 atom stereocenters. The van der Waals surface area contributed by atoms with Crippen molar-refractivity contribution in [3.8, 4) is 0 Å². The minimum absolute atomic E-state index is 0.993. The first-order valence-electron chi connectivity index (χ1n) is 1.74. The van der Waals surface area contributed by atoms with E-state index in [4.69, 9.17) is 0 Å². The van der Waals surface area contributed by atoms with Crippen molar-refractivity contribution in [3.05, 3.63) is 12.7 Å². The molecule has 0 unspecified atom stereocenters. The Kier molecular flexibility index (Phi) is 4.43. The summed E-state index contributed by atoms with van der Waals surface area (Å²) in [6, 6.07) is 0. The summed E-state index contributed by atoms with van der Waals surface area (Å²) < 4.78 is -1.34. The molecule has 0 aliphatic rings. The van der Waals surface area contributed by atoms with E-state index in [0.29, 0.717) is 0 Å². The minimum atomic E-state index is -1.34. The van der Waals surface area contributed by atoms with Gasteiger partial charge in [-0.15, -0.1) is 0 Å². The zero-order valence-electron chi connectivity index (χ0n) is 3.63. The summed E-state index contributed by atoms with van der Waals surface area (Å²) in [5.41, 5.74) is 0. The van der Waals surface area contributed by atoms with Crippen molar-refractivity contribution in [2.75, 3.05) is 6.16 Å². The Balaban J connectivity index is 3.34. The molecule has 0 saturated carbocycles. The molecule has 0 spiro atoms. The van der Waals surface area contributed by atoms with Crippen LogP contribution in [0, 0.1) is 0 Å². The van der Waals surface area contributed by atoms with Gasteiger partial charge >= 0.3 is 68.7 Å². The Hall–Kier alpha value is 1.61. The molecule has 0 aromatic rings. The van der Waals surface area contributed by atoms with Gasteiger partial charge in [0.1, 0.15) is 0 Å². The predicted molar refractivity (Wildman–Crippen MR) is 50.2 cm³/mol. The average molecular weight is 313 g/mol. The van der Waals surface area contributed by atoms with Gasteiger partial charge in [0.2, 0.25) is 0 Å². The third kappa shape index (κ3) is 7.61. The van der Waals surface area contributed by atoms with Gasteiger partial charge in [-0.25, -0.2) is 0 Å². The fraction of sp³-hybridized carbons (Fsp3) is 0.333. The molecule has 0 heterocycles. The van der Waals surface area contributed by atoms with Crippen molar-refractivity contribution >= 4 is 49.8 Å². The topological polar surface area (TPSA) is 0 Å². The Morgan fingerprint density at radius 2 is 1.86 bits per heavy atom. The molecule has 0 fully saturated rings. The van der Waals surface area contributed by atoms with Gasteiger partial charge in [0.05, 0.1) is 0 Å². The first-order chi connectivity index (χ1) is 3.06. The molecule has 0 aliphatic carbocycles. The summed E-state index contributed by atoms with van der Waals surface area (Å²) in [7, 11) is 0. The van der Waals surface area contributed by atoms with E-state index in [9.17, 15) is 0 Å². The van der Waals surface area contributed by atoms with Crippen LogP contribution in [0.25, 0.3) is 0 Å². The van der Waals surface area contributed by atoms with Crippen molar-refractivity contribution in [2.24, 2.45) is 0 Å². The summed E-state index contributed by atoms with van der Waals surface area (Å²) in [5.74, 6) is 0. The second kappa shape index (κ2) is 3.60. The van der Waals surface area contributed by atoms with Crippen LogP contribution in [-0.2, 0) is 0 Å². The van der Waals surface area contributed by atoms with Gasteiger partial charge in [0, 0.05) is 0 Å². The summed E-state index contributed by atoms with van der Waals surface area (Å²) in [4.78, 5) is 0. The Bertz CT molecular complexity index is 65.1. The molecular weight excluding hydrogens is 307 g/mol. The molecule has 0 radical (unpaired) electrons. The third-order valence-electron chi connectivity index (χ3n) is 0.376. The number of allylic oxidation sites excluding steroid dienone is 1. The summed E-state index contributed by atoms with van der Waals surface area (Å²) in [6.45, 7) is 3.59. The monoisotopic (exact) mass is 310 g/mol. The van der Waals surface area contributed by atoms with E-state index in [2.05, 4.69) is 53.0 Å². The van der Waals surface area contributed by atoms with E-state index in [1.54, 1.807) is 0 Å². The molecule has 0 N–H and O–H groups in total. The average Bonchev–Trinajstić information content (AvgIpc) is 1.30. The van der Waals surface area contributed by atoms with Crippen LogP contribution in [0.5, 0.6) is 0 Å². The normalized spacial score (nSPS) is 13.6. The van der Waals surface area contributed by atoms with E-state index in [-0.39, 0.29) is 0 Å². The fourth-order valence-electron chi connectivity index (χ4n) is 0.164. The first kappa shape index (κ1) is 8.61. The Morgan fingerprint density at radius 1 is 1.43 bits per heavy atom. The zero-order valence-corrected chi connectivity index (χ0v) is 9.38. The third-order valence-corrected chi connectivity index (χ3v) is 4.04. The standard InChI is InChI=1S/C3H6Br3P/c1-2-3-7(4,5)6/h2,7H,1,3H2. The maximum atomic E-state index is 3.59. The Labute approximate surface area is 68.3 Å². The van der Waals surface area contributed by atoms with Gasteiger partial charge in [-0.05, 0) is 0 Å². The van der Waals surface area contributed by atoms with Crippen LogP contribution in [0.15, 0.2) is 12.7 Å². The molecule has 44 valence electrons. The molecule has 0 nitrogen and oxygen atoms in total. The van der Waals surface area contributed by atoms with Crippen LogP contribution in [0.4, 0.5) is 0 Å². The first-order valence-corrected chi connectivity index (χ1v) is 10.7. The number of rotatable bonds is 2. The number of halogens is 3. The van der Waals surface area contributed by atoms with E-state index < -0.39 is 3.37 Å². The van der Waals surface area contributed by atoms with Gasteiger partial charge in [-0.3, -0.25) is 0 Å². The maximum absolute atomic E-state index is 3.59. The predicted octanol–water partition coefficient (Wildman–Crippen LogP) is 3.85. The van der Waals surface area contributed by atoms with Crippen LogP contribution in [0.3, 0.4) is 0 Å². The number of hydrogen-bond acceptors (Lipinski definition) is 0. The zero-order chi connectivity index (χ0) is 5.91. The molecule has 7 heavy (non-hydrogen) atoms. The quantitative estimate of drug-likeness (QED) is 0.536.